The number of carboxylic acids is 1. The second-order valence-corrected chi connectivity index (χ2v) is 13.9. The summed E-state index contributed by atoms with van der Waals surface area (Å²) in [5.74, 6) is -1.90. The van der Waals surface area contributed by atoms with Crippen LogP contribution in [0.3, 0.4) is 0 Å². The first kappa shape index (κ1) is 36.6. The molecule has 2 rings (SSSR count). The normalized spacial score (nSPS) is 14.4. The summed E-state index contributed by atoms with van der Waals surface area (Å²) in [5.41, 5.74) is 0.436. The summed E-state index contributed by atoms with van der Waals surface area (Å²) in [6.45, 7) is 15.4. The number of carboxylic acid groups (broad SMARTS) is 1. The van der Waals surface area contributed by atoms with Crippen LogP contribution in [0, 0.1) is 11.3 Å². The number of hydrogen-bond acceptors (Lipinski definition) is 6. The number of amides is 3. The van der Waals surface area contributed by atoms with Crippen LogP contribution in [0.1, 0.15) is 71.3 Å². The third-order valence-corrected chi connectivity index (χ3v) is 8.60. The van der Waals surface area contributed by atoms with Crippen molar-refractivity contribution >= 4 is 35.6 Å². The molecule has 3 amide bonds. The number of rotatable bonds is 13. The maximum Gasteiger partial charge on any atom is 0.335 e. The lowest BCUT2D eigenvalue weighted by Crippen LogP contribution is -2.61. The number of carbonyl (C=O) groups is 4. The molecule has 0 bridgehead atoms. The third kappa shape index (κ3) is 9.43. The Morgan fingerprint density at radius 1 is 0.909 bits per heavy atom. The fourth-order valence-corrected chi connectivity index (χ4v) is 5.66. The molecule has 0 unspecified atom stereocenters. The van der Waals surface area contributed by atoms with Gasteiger partial charge in [0.2, 0.25) is 11.8 Å². The Morgan fingerprint density at radius 2 is 1.48 bits per heavy atom. The number of benzene rings is 2. The summed E-state index contributed by atoms with van der Waals surface area (Å²) in [6.07, 6.45) is 1.77. The van der Waals surface area contributed by atoms with E-state index in [9.17, 15) is 19.2 Å². The molecule has 0 aliphatic heterocycles. The van der Waals surface area contributed by atoms with Gasteiger partial charge in [0, 0.05) is 22.9 Å². The van der Waals surface area contributed by atoms with Crippen molar-refractivity contribution in [3.8, 4) is 0 Å². The molecule has 0 aromatic heterocycles. The van der Waals surface area contributed by atoms with E-state index in [0.717, 1.165) is 17.5 Å². The van der Waals surface area contributed by atoms with Crippen LogP contribution in [0.15, 0.2) is 71.1 Å². The SMILES string of the molecule is CN[C@H](C(=O)N[C@H](C(=O)N(C)[C@H](/C=C(\C)C(=O)NSc1ccc(C(=O)O)cc1)C(C)C)C(C)(C)C)C(C)(C)c1ccccc1. The fourth-order valence-electron chi connectivity index (χ4n) is 5.01. The lowest BCUT2D eigenvalue weighted by molar-refractivity contribution is -0.140. The molecule has 0 fully saturated rings. The molecule has 0 radical (unpaired) electrons. The van der Waals surface area contributed by atoms with Crippen LogP contribution in [0.5, 0.6) is 0 Å². The summed E-state index contributed by atoms with van der Waals surface area (Å²) >= 11 is 1.08. The van der Waals surface area contributed by atoms with E-state index in [1.165, 1.54) is 12.1 Å². The van der Waals surface area contributed by atoms with Crippen molar-refractivity contribution in [2.24, 2.45) is 11.3 Å². The van der Waals surface area contributed by atoms with Gasteiger partial charge in [0.15, 0.2) is 0 Å². The van der Waals surface area contributed by atoms with E-state index in [0.29, 0.717) is 10.5 Å². The Hall–Kier alpha value is -3.63. The maximum atomic E-state index is 14.1. The van der Waals surface area contributed by atoms with Gasteiger partial charge in [-0.1, -0.05) is 84.9 Å². The summed E-state index contributed by atoms with van der Waals surface area (Å²) in [7, 11) is 3.44. The first-order chi connectivity index (χ1) is 20.4. The van der Waals surface area contributed by atoms with Crippen molar-refractivity contribution in [3.05, 3.63) is 77.4 Å². The zero-order valence-electron chi connectivity index (χ0n) is 27.5. The molecular formula is C34H48N4O5S. The van der Waals surface area contributed by atoms with Gasteiger partial charge in [-0.2, -0.15) is 0 Å². The molecule has 0 saturated heterocycles. The van der Waals surface area contributed by atoms with E-state index < -0.39 is 34.9 Å². The maximum absolute atomic E-state index is 14.1. The van der Waals surface area contributed by atoms with Gasteiger partial charge in [-0.25, -0.2) is 4.79 Å². The molecule has 240 valence electrons. The Balaban J connectivity index is 2.24. The first-order valence-electron chi connectivity index (χ1n) is 14.7. The number of aromatic carboxylic acids is 1. The molecule has 2 aromatic rings. The van der Waals surface area contributed by atoms with Gasteiger partial charge in [-0.3, -0.25) is 19.1 Å². The molecule has 9 nitrogen and oxygen atoms in total. The number of carbonyl (C=O) groups excluding carboxylic acids is 3. The van der Waals surface area contributed by atoms with Gasteiger partial charge < -0.3 is 20.6 Å². The summed E-state index contributed by atoms with van der Waals surface area (Å²) in [6, 6.07) is 14.1. The number of nitrogens with one attached hydrogen (secondary N) is 3. The van der Waals surface area contributed by atoms with Gasteiger partial charge in [-0.05, 0) is 67.1 Å². The largest absolute Gasteiger partial charge is 0.478 e. The van der Waals surface area contributed by atoms with Crippen LogP contribution in [-0.4, -0.2) is 65.9 Å². The summed E-state index contributed by atoms with van der Waals surface area (Å²) < 4.78 is 2.77. The molecule has 0 aliphatic carbocycles. The Labute approximate surface area is 266 Å². The highest BCUT2D eigenvalue weighted by atomic mass is 32.2. The van der Waals surface area contributed by atoms with Crippen LogP contribution in [0.2, 0.25) is 0 Å². The quantitative estimate of drug-likeness (QED) is 0.182. The van der Waals surface area contributed by atoms with E-state index in [-0.39, 0.29) is 29.2 Å². The third-order valence-electron chi connectivity index (χ3n) is 7.81. The van der Waals surface area contributed by atoms with Crippen molar-refractivity contribution in [1.29, 1.82) is 0 Å². The van der Waals surface area contributed by atoms with Gasteiger partial charge >= 0.3 is 5.97 Å². The molecule has 44 heavy (non-hydrogen) atoms. The average molecular weight is 625 g/mol. The highest BCUT2D eigenvalue weighted by Gasteiger charge is 2.41. The topological polar surface area (TPSA) is 128 Å². The standard InChI is InChI=1S/C34H48N4O5S/c1-21(2)26(20-22(3)29(39)37-44-25-18-16-23(17-19-25)32(42)43)38(10)31(41)28(33(4,5)6)36-30(40)27(35-9)34(7,8)24-14-12-11-13-15-24/h11-21,26-28,35H,1-10H3,(H,36,40)(H,37,39)(H,42,43)/b22-20+/t26-,27-,28-/m1/s1. The molecule has 4 N–H and O–H groups in total. The van der Waals surface area contributed by atoms with Crippen LogP contribution >= 0.6 is 11.9 Å². The zero-order chi connectivity index (χ0) is 33.4. The van der Waals surface area contributed by atoms with E-state index in [1.807, 2.05) is 78.8 Å². The second-order valence-electron chi connectivity index (χ2n) is 13.0. The molecule has 0 heterocycles. The Bertz CT molecular complexity index is 1330. The number of nitrogens with zero attached hydrogens (tertiary/aromatic N) is 1. The van der Waals surface area contributed by atoms with Gasteiger partial charge in [0.25, 0.3) is 5.91 Å². The van der Waals surface area contributed by atoms with E-state index >= 15 is 0 Å². The first-order valence-corrected chi connectivity index (χ1v) is 15.5. The van der Waals surface area contributed by atoms with Gasteiger partial charge in [0.05, 0.1) is 17.6 Å². The van der Waals surface area contributed by atoms with Crippen LogP contribution < -0.4 is 15.4 Å². The lowest BCUT2D eigenvalue weighted by atomic mass is 9.76. The minimum atomic E-state index is -1.02. The minimum absolute atomic E-state index is 0.0266. The molecule has 2 aromatic carbocycles. The Morgan fingerprint density at radius 3 is 1.95 bits per heavy atom. The average Bonchev–Trinajstić information content (AvgIpc) is 2.96. The summed E-state index contributed by atoms with van der Waals surface area (Å²) in [5, 5.41) is 15.3. The predicted molar refractivity (Wildman–Crippen MR) is 176 cm³/mol. The smallest absolute Gasteiger partial charge is 0.335 e. The van der Waals surface area contributed by atoms with Crippen molar-refractivity contribution in [2.45, 2.75) is 83.8 Å². The highest BCUT2D eigenvalue weighted by molar-refractivity contribution is 7.98. The molecular weight excluding hydrogens is 576 g/mol. The Kier molecular flexibility index (Phi) is 12.8. The second kappa shape index (κ2) is 15.4. The zero-order valence-corrected chi connectivity index (χ0v) is 28.3. The van der Waals surface area contributed by atoms with Crippen LogP contribution in [-0.2, 0) is 19.8 Å². The van der Waals surface area contributed by atoms with E-state index in [2.05, 4.69) is 15.4 Å². The van der Waals surface area contributed by atoms with Crippen molar-refractivity contribution in [1.82, 2.24) is 20.3 Å². The van der Waals surface area contributed by atoms with Crippen LogP contribution in [0.25, 0.3) is 0 Å². The predicted octanol–water partition coefficient (Wildman–Crippen LogP) is 5.03. The highest BCUT2D eigenvalue weighted by Crippen LogP contribution is 2.29. The van der Waals surface area contributed by atoms with Crippen molar-refractivity contribution in [2.75, 3.05) is 14.1 Å². The number of likely N-dealkylation sites (N-methyl/N-ethyl adjacent to an activating group) is 2. The lowest BCUT2D eigenvalue weighted by Gasteiger charge is -2.40. The van der Waals surface area contributed by atoms with E-state index in [1.54, 1.807) is 44.1 Å². The fraction of sp³-hybridized carbons (Fsp3) is 0.471. The van der Waals surface area contributed by atoms with Gasteiger partial charge in [-0.15, -0.1) is 0 Å². The molecule has 10 heteroatoms. The van der Waals surface area contributed by atoms with Crippen LogP contribution in [0.4, 0.5) is 0 Å². The minimum Gasteiger partial charge on any atom is -0.478 e. The molecule has 0 aliphatic rings. The van der Waals surface area contributed by atoms with E-state index in [4.69, 9.17) is 5.11 Å². The molecule has 0 saturated carbocycles. The van der Waals surface area contributed by atoms with Crippen molar-refractivity contribution < 1.29 is 24.3 Å². The monoisotopic (exact) mass is 624 g/mol. The molecule has 0 spiro atoms. The number of hydrogen-bond donors (Lipinski definition) is 4. The summed E-state index contributed by atoms with van der Waals surface area (Å²) in [4.78, 5) is 54.1. The molecule has 3 atom stereocenters. The van der Waals surface area contributed by atoms with Gasteiger partial charge in [0.1, 0.15) is 6.04 Å². The van der Waals surface area contributed by atoms with Crippen molar-refractivity contribution in [3.63, 3.8) is 0 Å².